The number of aliphatic hydroxyl groups is 1. The van der Waals surface area contributed by atoms with Gasteiger partial charge >= 0.3 is 0 Å². The number of benzene rings is 1. The maximum Gasteiger partial charge on any atom is 0.139 e. The Morgan fingerprint density at radius 3 is 2.84 bits per heavy atom. The van der Waals surface area contributed by atoms with E-state index in [1.807, 2.05) is 0 Å². The van der Waals surface area contributed by atoms with Crippen molar-refractivity contribution in [3.63, 3.8) is 0 Å². The van der Waals surface area contributed by atoms with Crippen LogP contribution in [0.4, 0.5) is 5.69 Å². The monoisotopic (exact) mass is 253 g/mol. The molecule has 0 bridgehead atoms. The molecule has 0 unspecified atom stereocenters. The number of imidazole rings is 1. The molecule has 1 aromatic carbocycles. The SMILES string of the molecule is Cc1ccc2nc3cc(N4CC(O)C4)ccn3c2c1. The van der Waals surface area contributed by atoms with Crippen molar-refractivity contribution < 1.29 is 5.11 Å². The van der Waals surface area contributed by atoms with Crippen LogP contribution >= 0.6 is 0 Å². The minimum Gasteiger partial charge on any atom is -0.389 e. The second-order valence-corrected chi connectivity index (χ2v) is 5.28. The number of aryl methyl sites for hydroxylation is 1. The van der Waals surface area contributed by atoms with Crippen molar-refractivity contribution in [1.82, 2.24) is 9.38 Å². The molecule has 0 atom stereocenters. The lowest BCUT2D eigenvalue weighted by molar-refractivity contribution is 0.142. The molecule has 0 amide bonds. The molecule has 0 spiro atoms. The van der Waals surface area contributed by atoms with Crippen molar-refractivity contribution in [2.24, 2.45) is 0 Å². The van der Waals surface area contributed by atoms with Crippen molar-refractivity contribution in [2.45, 2.75) is 13.0 Å². The average Bonchev–Trinajstić information content (AvgIpc) is 2.72. The molecule has 2 aromatic heterocycles. The van der Waals surface area contributed by atoms with Crippen LogP contribution < -0.4 is 4.90 Å². The number of rotatable bonds is 1. The minimum atomic E-state index is -0.183. The fourth-order valence-electron chi connectivity index (χ4n) is 2.67. The summed E-state index contributed by atoms with van der Waals surface area (Å²) >= 11 is 0. The highest BCUT2D eigenvalue weighted by Crippen LogP contribution is 2.25. The van der Waals surface area contributed by atoms with Crippen molar-refractivity contribution in [3.05, 3.63) is 42.1 Å². The van der Waals surface area contributed by atoms with E-state index < -0.39 is 0 Å². The third-order valence-corrected chi connectivity index (χ3v) is 3.77. The molecule has 19 heavy (non-hydrogen) atoms. The van der Waals surface area contributed by atoms with Crippen molar-refractivity contribution in [2.75, 3.05) is 18.0 Å². The van der Waals surface area contributed by atoms with E-state index in [1.165, 1.54) is 5.56 Å². The molecule has 4 heteroatoms. The van der Waals surface area contributed by atoms with Crippen LogP contribution in [0.1, 0.15) is 5.56 Å². The van der Waals surface area contributed by atoms with Gasteiger partial charge in [0.25, 0.3) is 0 Å². The second kappa shape index (κ2) is 3.71. The lowest BCUT2D eigenvalue weighted by atomic mass is 10.1. The van der Waals surface area contributed by atoms with Crippen LogP contribution in [-0.4, -0.2) is 33.7 Å². The molecule has 0 radical (unpaired) electrons. The maximum absolute atomic E-state index is 9.38. The van der Waals surface area contributed by atoms with Gasteiger partial charge in [0.15, 0.2) is 0 Å². The van der Waals surface area contributed by atoms with E-state index in [0.29, 0.717) is 0 Å². The number of pyridine rings is 1. The van der Waals surface area contributed by atoms with Crippen LogP contribution in [0.5, 0.6) is 0 Å². The van der Waals surface area contributed by atoms with Gasteiger partial charge in [-0.3, -0.25) is 4.40 Å². The lowest BCUT2D eigenvalue weighted by Gasteiger charge is -2.37. The first-order chi connectivity index (χ1) is 9.20. The van der Waals surface area contributed by atoms with Gasteiger partial charge < -0.3 is 10.0 Å². The third-order valence-electron chi connectivity index (χ3n) is 3.77. The van der Waals surface area contributed by atoms with Crippen LogP contribution in [0.25, 0.3) is 16.7 Å². The summed E-state index contributed by atoms with van der Waals surface area (Å²) in [6, 6.07) is 10.5. The summed E-state index contributed by atoms with van der Waals surface area (Å²) in [4.78, 5) is 6.81. The fourth-order valence-corrected chi connectivity index (χ4v) is 2.67. The van der Waals surface area contributed by atoms with E-state index in [1.54, 1.807) is 0 Å². The molecular formula is C15H15N3O. The summed E-state index contributed by atoms with van der Waals surface area (Å²) in [6.07, 6.45) is 1.88. The molecule has 0 saturated carbocycles. The number of anilines is 1. The first-order valence-electron chi connectivity index (χ1n) is 6.52. The summed E-state index contributed by atoms with van der Waals surface area (Å²) in [5, 5.41) is 9.38. The molecule has 1 saturated heterocycles. The average molecular weight is 253 g/mol. The first-order valence-corrected chi connectivity index (χ1v) is 6.52. The highest BCUT2D eigenvalue weighted by atomic mass is 16.3. The molecule has 4 nitrogen and oxygen atoms in total. The van der Waals surface area contributed by atoms with E-state index in [9.17, 15) is 5.11 Å². The summed E-state index contributed by atoms with van der Waals surface area (Å²) in [5.74, 6) is 0. The molecule has 1 N–H and O–H groups in total. The number of nitrogens with zero attached hydrogens (tertiary/aromatic N) is 3. The van der Waals surface area contributed by atoms with Gasteiger partial charge in [0, 0.05) is 31.0 Å². The molecule has 1 aliphatic heterocycles. The maximum atomic E-state index is 9.38. The van der Waals surface area contributed by atoms with Crippen molar-refractivity contribution >= 4 is 22.4 Å². The Kier molecular flexibility index (Phi) is 2.11. The summed E-state index contributed by atoms with van der Waals surface area (Å²) in [7, 11) is 0. The summed E-state index contributed by atoms with van der Waals surface area (Å²) < 4.78 is 2.11. The number of β-amino-alcohol motifs (C(OH)–C–C–N with tert-alkyl or cyclic N) is 1. The molecule has 0 aliphatic carbocycles. The molecule has 4 rings (SSSR count). The van der Waals surface area contributed by atoms with Crippen LogP contribution in [0.15, 0.2) is 36.5 Å². The number of hydrogen-bond donors (Lipinski definition) is 1. The predicted octanol–water partition coefficient (Wildman–Crippen LogP) is 1.98. The number of hydrogen-bond acceptors (Lipinski definition) is 3. The number of aliphatic hydroxyl groups excluding tert-OH is 1. The Balaban J connectivity index is 1.87. The highest BCUT2D eigenvalue weighted by molar-refractivity contribution is 5.82. The smallest absolute Gasteiger partial charge is 0.139 e. The Labute approximate surface area is 110 Å². The fraction of sp³-hybridized carbons (Fsp3) is 0.267. The van der Waals surface area contributed by atoms with Gasteiger partial charge in [-0.2, -0.15) is 0 Å². The molecular weight excluding hydrogens is 238 g/mol. The zero-order valence-corrected chi connectivity index (χ0v) is 10.7. The van der Waals surface area contributed by atoms with E-state index in [-0.39, 0.29) is 6.10 Å². The number of aromatic nitrogens is 2. The van der Waals surface area contributed by atoms with E-state index in [4.69, 9.17) is 0 Å². The molecule has 3 aromatic rings. The lowest BCUT2D eigenvalue weighted by Crippen LogP contribution is -2.50. The van der Waals surface area contributed by atoms with Gasteiger partial charge in [-0.25, -0.2) is 4.98 Å². The normalized spacial score (nSPS) is 16.2. The number of fused-ring (bicyclic) bond motifs is 3. The Bertz CT molecular complexity index is 772. The Morgan fingerprint density at radius 1 is 1.21 bits per heavy atom. The topological polar surface area (TPSA) is 40.8 Å². The van der Waals surface area contributed by atoms with Gasteiger partial charge in [-0.05, 0) is 30.7 Å². The minimum absolute atomic E-state index is 0.183. The molecule has 1 aliphatic rings. The van der Waals surface area contributed by atoms with Gasteiger partial charge in [-0.15, -0.1) is 0 Å². The summed E-state index contributed by atoms with van der Waals surface area (Å²) in [5.41, 5.74) is 5.49. The molecule has 3 heterocycles. The van der Waals surface area contributed by atoms with Crippen molar-refractivity contribution in [3.8, 4) is 0 Å². The third kappa shape index (κ3) is 1.60. The van der Waals surface area contributed by atoms with Crippen molar-refractivity contribution in [1.29, 1.82) is 0 Å². The van der Waals surface area contributed by atoms with Gasteiger partial charge in [0.1, 0.15) is 5.65 Å². The zero-order valence-electron chi connectivity index (χ0n) is 10.7. The van der Waals surface area contributed by atoms with Crippen LogP contribution in [0.2, 0.25) is 0 Å². The second-order valence-electron chi connectivity index (χ2n) is 5.28. The zero-order chi connectivity index (χ0) is 13.0. The van der Waals surface area contributed by atoms with E-state index >= 15 is 0 Å². The molecule has 96 valence electrons. The van der Waals surface area contributed by atoms with Gasteiger partial charge in [0.2, 0.25) is 0 Å². The largest absolute Gasteiger partial charge is 0.389 e. The van der Waals surface area contributed by atoms with E-state index in [0.717, 1.165) is 35.5 Å². The van der Waals surface area contributed by atoms with Gasteiger partial charge in [-0.1, -0.05) is 6.07 Å². The predicted molar refractivity (Wildman–Crippen MR) is 75.7 cm³/mol. The Hall–Kier alpha value is -2.07. The van der Waals surface area contributed by atoms with Crippen LogP contribution in [0.3, 0.4) is 0 Å². The Morgan fingerprint density at radius 2 is 2.05 bits per heavy atom. The van der Waals surface area contributed by atoms with Crippen LogP contribution in [0, 0.1) is 6.92 Å². The first kappa shape index (κ1) is 10.8. The highest BCUT2D eigenvalue weighted by Gasteiger charge is 2.24. The van der Waals surface area contributed by atoms with Gasteiger partial charge in [0.05, 0.1) is 17.1 Å². The molecule has 1 fully saturated rings. The van der Waals surface area contributed by atoms with E-state index in [2.05, 4.69) is 57.7 Å². The quantitative estimate of drug-likeness (QED) is 0.721. The summed E-state index contributed by atoms with van der Waals surface area (Å²) in [6.45, 7) is 3.53. The standard InChI is InChI=1S/C15H15N3O/c1-10-2-3-13-14(6-10)18-5-4-11(7-15(18)16-13)17-8-12(19)9-17/h2-7,12,19H,8-9H2,1H3. The van der Waals surface area contributed by atoms with Crippen LogP contribution in [-0.2, 0) is 0 Å².